The fraction of sp³-hybridized carbons (Fsp3) is 0.615. The topological polar surface area (TPSA) is 28.2 Å². The molecule has 0 aliphatic heterocycles. The second kappa shape index (κ2) is 5.96. The normalized spacial score (nSPS) is 11.3. The molecule has 0 unspecified atom stereocenters. The number of halogens is 1. The summed E-state index contributed by atoms with van der Waals surface area (Å²) in [5.74, 6) is 0.556. The van der Waals surface area contributed by atoms with Crippen LogP contribution in [0.2, 0.25) is 0 Å². The van der Waals surface area contributed by atoms with Crippen LogP contribution in [0, 0.1) is 5.82 Å². The van der Waals surface area contributed by atoms with Crippen LogP contribution in [-0.2, 0) is 6.54 Å². The van der Waals surface area contributed by atoms with E-state index in [9.17, 15) is 4.39 Å². The van der Waals surface area contributed by atoms with Gasteiger partial charge in [-0.05, 0) is 19.9 Å². The van der Waals surface area contributed by atoms with Crippen LogP contribution in [-0.4, -0.2) is 24.1 Å². The van der Waals surface area contributed by atoms with Gasteiger partial charge in [0.25, 0.3) is 0 Å². The minimum atomic E-state index is -0.286. The SMILES string of the molecule is CC(C)NCc1cc(F)cnc1N(C)C(C)C. The lowest BCUT2D eigenvalue weighted by Gasteiger charge is -2.25. The third-order valence-electron chi connectivity index (χ3n) is 2.72. The van der Waals surface area contributed by atoms with E-state index in [1.807, 2.05) is 7.05 Å². The fourth-order valence-electron chi connectivity index (χ4n) is 1.48. The summed E-state index contributed by atoms with van der Waals surface area (Å²) >= 11 is 0. The predicted octanol–water partition coefficient (Wildman–Crippen LogP) is 2.56. The van der Waals surface area contributed by atoms with E-state index in [1.165, 1.54) is 6.20 Å². The molecule has 0 amide bonds. The van der Waals surface area contributed by atoms with Gasteiger partial charge in [0, 0.05) is 31.2 Å². The third kappa shape index (κ3) is 3.97. The number of anilines is 1. The molecule has 1 rings (SSSR count). The number of nitrogens with one attached hydrogen (secondary N) is 1. The summed E-state index contributed by atoms with van der Waals surface area (Å²) in [5, 5.41) is 3.29. The lowest BCUT2D eigenvalue weighted by Crippen LogP contribution is -2.29. The molecule has 0 atom stereocenters. The largest absolute Gasteiger partial charge is 0.357 e. The van der Waals surface area contributed by atoms with Crippen molar-refractivity contribution in [3.8, 4) is 0 Å². The molecular weight excluding hydrogens is 217 g/mol. The molecule has 0 saturated carbocycles. The Balaban J connectivity index is 2.95. The Labute approximate surface area is 103 Å². The number of aromatic nitrogens is 1. The lowest BCUT2D eigenvalue weighted by molar-refractivity contribution is 0.575. The molecule has 4 heteroatoms. The minimum Gasteiger partial charge on any atom is -0.357 e. The predicted molar refractivity (Wildman–Crippen MR) is 69.7 cm³/mol. The second-order valence-electron chi connectivity index (χ2n) is 4.88. The van der Waals surface area contributed by atoms with E-state index in [2.05, 4.69) is 42.9 Å². The molecule has 0 aromatic carbocycles. The van der Waals surface area contributed by atoms with Crippen LogP contribution < -0.4 is 10.2 Å². The van der Waals surface area contributed by atoms with E-state index < -0.39 is 0 Å². The summed E-state index contributed by atoms with van der Waals surface area (Å²) in [6, 6.07) is 2.26. The maximum Gasteiger partial charge on any atom is 0.141 e. The molecule has 3 nitrogen and oxygen atoms in total. The molecule has 17 heavy (non-hydrogen) atoms. The Morgan fingerprint density at radius 1 is 1.35 bits per heavy atom. The first kappa shape index (κ1) is 13.9. The standard InChI is InChI=1S/C13H22FN3/c1-9(2)15-7-11-6-12(14)8-16-13(11)17(5)10(3)4/h6,8-10,15H,7H2,1-5H3. The maximum absolute atomic E-state index is 13.2. The first-order valence-electron chi connectivity index (χ1n) is 6.02. The summed E-state index contributed by atoms with van der Waals surface area (Å²) in [6.45, 7) is 8.95. The number of nitrogens with zero attached hydrogens (tertiary/aromatic N) is 2. The molecule has 1 heterocycles. The fourth-order valence-corrected chi connectivity index (χ4v) is 1.48. The molecular formula is C13H22FN3. The highest BCUT2D eigenvalue weighted by Gasteiger charge is 2.13. The van der Waals surface area contributed by atoms with Gasteiger partial charge in [0.15, 0.2) is 0 Å². The molecule has 96 valence electrons. The Hall–Kier alpha value is -1.16. The van der Waals surface area contributed by atoms with Gasteiger partial charge in [0.2, 0.25) is 0 Å². The van der Waals surface area contributed by atoms with E-state index in [0.29, 0.717) is 18.6 Å². The number of hydrogen-bond donors (Lipinski definition) is 1. The van der Waals surface area contributed by atoms with Crippen molar-refractivity contribution in [3.63, 3.8) is 0 Å². The minimum absolute atomic E-state index is 0.286. The zero-order valence-electron chi connectivity index (χ0n) is 11.3. The molecule has 0 saturated heterocycles. The highest BCUT2D eigenvalue weighted by molar-refractivity contribution is 5.46. The van der Waals surface area contributed by atoms with Crippen molar-refractivity contribution in [2.75, 3.05) is 11.9 Å². The van der Waals surface area contributed by atoms with Crippen molar-refractivity contribution in [3.05, 3.63) is 23.6 Å². The van der Waals surface area contributed by atoms with Crippen LogP contribution in [0.3, 0.4) is 0 Å². The van der Waals surface area contributed by atoms with Crippen molar-refractivity contribution in [2.24, 2.45) is 0 Å². The summed E-state index contributed by atoms with van der Waals surface area (Å²) in [6.07, 6.45) is 1.27. The Bertz CT molecular complexity index is 364. The summed E-state index contributed by atoms with van der Waals surface area (Å²) in [7, 11) is 1.98. The molecule has 1 N–H and O–H groups in total. The monoisotopic (exact) mass is 239 g/mol. The first-order chi connectivity index (χ1) is 7.91. The van der Waals surface area contributed by atoms with Crippen molar-refractivity contribution >= 4 is 5.82 Å². The molecule has 0 fully saturated rings. The van der Waals surface area contributed by atoms with Gasteiger partial charge in [-0.3, -0.25) is 0 Å². The molecule has 0 aliphatic rings. The molecule has 0 bridgehead atoms. The maximum atomic E-state index is 13.2. The van der Waals surface area contributed by atoms with E-state index in [1.54, 1.807) is 6.07 Å². The third-order valence-corrected chi connectivity index (χ3v) is 2.72. The van der Waals surface area contributed by atoms with Crippen LogP contribution in [0.4, 0.5) is 10.2 Å². The van der Waals surface area contributed by atoms with E-state index >= 15 is 0 Å². The van der Waals surface area contributed by atoms with Gasteiger partial charge < -0.3 is 10.2 Å². The van der Waals surface area contributed by atoms with Crippen LogP contribution in [0.25, 0.3) is 0 Å². The van der Waals surface area contributed by atoms with Gasteiger partial charge in [-0.15, -0.1) is 0 Å². The average molecular weight is 239 g/mol. The Kier molecular flexibility index (Phi) is 4.87. The second-order valence-corrected chi connectivity index (χ2v) is 4.88. The van der Waals surface area contributed by atoms with Gasteiger partial charge >= 0.3 is 0 Å². The highest BCUT2D eigenvalue weighted by atomic mass is 19.1. The van der Waals surface area contributed by atoms with Crippen molar-refractivity contribution in [1.29, 1.82) is 0 Å². The highest BCUT2D eigenvalue weighted by Crippen LogP contribution is 2.19. The van der Waals surface area contributed by atoms with Crippen LogP contribution in [0.15, 0.2) is 12.3 Å². The molecule has 0 aliphatic carbocycles. The summed E-state index contributed by atoms with van der Waals surface area (Å²) < 4.78 is 13.2. The van der Waals surface area contributed by atoms with Crippen molar-refractivity contribution in [1.82, 2.24) is 10.3 Å². The Morgan fingerprint density at radius 3 is 2.53 bits per heavy atom. The van der Waals surface area contributed by atoms with Crippen LogP contribution in [0.1, 0.15) is 33.3 Å². The quantitative estimate of drug-likeness (QED) is 0.856. The van der Waals surface area contributed by atoms with Gasteiger partial charge in [-0.1, -0.05) is 13.8 Å². The zero-order chi connectivity index (χ0) is 13.0. The molecule has 1 aromatic rings. The first-order valence-corrected chi connectivity index (χ1v) is 6.02. The zero-order valence-corrected chi connectivity index (χ0v) is 11.3. The summed E-state index contributed by atoms with van der Waals surface area (Å²) in [5.41, 5.74) is 0.898. The van der Waals surface area contributed by atoms with Crippen molar-refractivity contribution in [2.45, 2.75) is 46.3 Å². The van der Waals surface area contributed by atoms with E-state index in [-0.39, 0.29) is 5.82 Å². The van der Waals surface area contributed by atoms with Gasteiger partial charge in [-0.25, -0.2) is 9.37 Å². The number of hydrogen-bond acceptors (Lipinski definition) is 3. The number of rotatable bonds is 5. The molecule has 0 radical (unpaired) electrons. The van der Waals surface area contributed by atoms with Gasteiger partial charge in [-0.2, -0.15) is 0 Å². The Morgan fingerprint density at radius 2 is 2.00 bits per heavy atom. The number of pyridine rings is 1. The van der Waals surface area contributed by atoms with E-state index in [0.717, 1.165) is 11.4 Å². The summed E-state index contributed by atoms with van der Waals surface area (Å²) in [4.78, 5) is 6.24. The smallest absolute Gasteiger partial charge is 0.141 e. The molecule has 1 aromatic heterocycles. The molecule has 0 spiro atoms. The lowest BCUT2D eigenvalue weighted by atomic mass is 10.2. The average Bonchev–Trinajstić information content (AvgIpc) is 2.25. The van der Waals surface area contributed by atoms with E-state index in [4.69, 9.17) is 0 Å². The van der Waals surface area contributed by atoms with Crippen LogP contribution >= 0.6 is 0 Å². The van der Waals surface area contributed by atoms with Crippen molar-refractivity contribution < 1.29 is 4.39 Å². The van der Waals surface area contributed by atoms with Gasteiger partial charge in [0.1, 0.15) is 11.6 Å². The van der Waals surface area contributed by atoms with Gasteiger partial charge in [0.05, 0.1) is 6.20 Å². The van der Waals surface area contributed by atoms with Crippen LogP contribution in [0.5, 0.6) is 0 Å².